The highest BCUT2D eigenvalue weighted by molar-refractivity contribution is 6.90. The molecule has 1 aliphatic rings. The lowest BCUT2D eigenvalue weighted by atomic mass is 9.89. The van der Waals surface area contributed by atoms with Gasteiger partial charge in [-0.2, -0.15) is 0 Å². The molecule has 280 valence electrons. The number of rotatable bonds is 6. The van der Waals surface area contributed by atoms with E-state index in [1.807, 2.05) is 27.7 Å². The van der Waals surface area contributed by atoms with Crippen molar-refractivity contribution in [2.24, 2.45) is 0 Å². The Hall–Kier alpha value is -5.11. The molecule has 0 spiro atoms. The Kier molecular flexibility index (Phi) is 10.5. The molecule has 1 aliphatic heterocycles. The smallest absolute Gasteiger partial charge is 0.254 e. The molecule has 1 heterocycles. The highest BCUT2D eigenvalue weighted by Crippen LogP contribution is 2.42. The fourth-order valence-electron chi connectivity index (χ4n) is 8.79. The minimum Gasteiger partial charge on any atom is -0.254 e. The van der Waals surface area contributed by atoms with Crippen LogP contribution in [0, 0.1) is 23.3 Å². The van der Waals surface area contributed by atoms with Gasteiger partial charge >= 0.3 is 6.03 Å². The molecule has 5 nitrogen and oxygen atoms in total. The molecule has 2 N–H and O–H groups in total. The van der Waals surface area contributed by atoms with Crippen molar-refractivity contribution in [2.75, 3.05) is 0 Å². The summed E-state index contributed by atoms with van der Waals surface area (Å²) in [6, 6.07) is 34.8. The average molecular weight is 743 g/mol. The van der Waals surface area contributed by atoms with Gasteiger partial charge in [0.15, 0.2) is 0 Å². The third kappa shape index (κ3) is 7.00. The topological polar surface area (TPSA) is 47.6 Å². The van der Waals surface area contributed by atoms with E-state index in [0.717, 1.165) is 43.8 Å². The number of urea groups is 1. The van der Waals surface area contributed by atoms with Gasteiger partial charge in [0.1, 0.15) is 14.2 Å². The van der Waals surface area contributed by atoms with E-state index < -0.39 is 8.07 Å². The van der Waals surface area contributed by atoms with Crippen molar-refractivity contribution in [1.82, 2.24) is 20.9 Å². The molecule has 0 atom stereocenters. The molecule has 7 rings (SSSR count). The number of hydrogen-bond acceptors (Lipinski definition) is 3. The highest BCUT2D eigenvalue weighted by atomic mass is 28.3. The summed E-state index contributed by atoms with van der Waals surface area (Å²) in [7, 11) is -2.03. The first-order chi connectivity index (χ1) is 26.3. The molecule has 1 fully saturated rings. The third-order valence-corrected chi connectivity index (χ3v) is 18.0. The van der Waals surface area contributed by atoms with Crippen molar-refractivity contribution < 1.29 is 4.79 Å². The SMILES string of the molecule is CC(C)N1NC(c2ccc(C#Cc3c4cc5ccccc5cc4c(C#C[Si](C(C)C)(C(C)C)C(C)C)c4cc5ccccc5cc34)cc2)NN(C(C)C)C1=O. The van der Waals surface area contributed by atoms with Gasteiger partial charge < -0.3 is 0 Å². The molecule has 1 saturated heterocycles. The largest absolute Gasteiger partial charge is 0.349 e. The molecule has 6 aromatic carbocycles. The first kappa shape index (κ1) is 38.2. The van der Waals surface area contributed by atoms with E-state index in [2.05, 4.69) is 173 Å². The molecule has 0 saturated carbocycles. The van der Waals surface area contributed by atoms with Gasteiger partial charge in [0, 0.05) is 28.8 Å². The van der Waals surface area contributed by atoms with Crippen LogP contribution in [-0.4, -0.2) is 36.2 Å². The second-order valence-corrected chi connectivity index (χ2v) is 22.2. The van der Waals surface area contributed by atoms with Gasteiger partial charge in [-0.1, -0.05) is 120 Å². The van der Waals surface area contributed by atoms with E-state index >= 15 is 0 Å². The molecular formula is C49H54N4OSi. The van der Waals surface area contributed by atoms with Crippen molar-refractivity contribution >= 4 is 57.2 Å². The maximum absolute atomic E-state index is 13.1. The van der Waals surface area contributed by atoms with Crippen LogP contribution in [0.1, 0.15) is 97.7 Å². The summed E-state index contributed by atoms with van der Waals surface area (Å²) in [5.41, 5.74) is 16.5. The molecule has 6 aromatic rings. The third-order valence-electron chi connectivity index (χ3n) is 11.7. The van der Waals surface area contributed by atoms with Crippen LogP contribution < -0.4 is 10.9 Å². The predicted molar refractivity (Wildman–Crippen MR) is 235 cm³/mol. The van der Waals surface area contributed by atoms with E-state index in [1.165, 1.54) is 21.5 Å². The second-order valence-electron chi connectivity index (χ2n) is 16.7. The van der Waals surface area contributed by atoms with Crippen molar-refractivity contribution in [3.05, 3.63) is 119 Å². The fraction of sp³-hybridized carbons (Fsp3) is 0.327. The van der Waals surface area contributed by atoms with Crippen LogP contribution in [0.5, 0.6) is 0 Å². The fourth-order valence-corrected chi connectivity index (χ4v) is 14.0. The number of fused-ring (bicyclic) bond motifs is 4. The van der Waals surface area contributed by atoms with Crippen LogP contribution in [0.25, 0.3) is 43.1 Å². The quantitative estimate of drug-likeness (QED) is 0.101. The zero-order valence-electron chi connectivity index (χ0n) is 34.0. The number of nitrogens with one attached hydrogen (secondary N) is 2. The van der Waals surface area contributed by atoms with Crippen LogP contribution in [0.15, 0.2) is 97.1 Å². The summed E-state index contributed by atoms with van der Waals surface area (Å²) in [5, 5.41) is 12.7. The number of hydrogen-bond donors (Lipinski definition) is 2. The predicted octanol–water partition coefficient (Wildman–Crippen LogP) is 11.8. The average Bonchev–Trinajstić information content (AvgIpc) is 3.15. The van der Waals surface area contributed by atoms with Crippen LogP contribution in [0.4, 0.5) is 4.79 Å². The molecule has 0 aliphatic carbocycles. The number of amides is 2. The Labute approximate surface area is 328 Å². The lowest BCUT2D eigenvalue weighted by molar-refractivity contribution is 0.00380. The molecule has 0 bridgehead atoms. The van der Waals surface area contributed by atoms with Crippen LogP contribution >= 0.6 is 0 Å². The molecule has 0 unspecified atom stereocenters. The second kappa shape index (κ2) is 15.2. The minimum absolute atomic E-state index is 0.00462. The van der Waals surface area contributed by atoms with Crippen molar-refractivity contribution in [3.8, 4) is 23.3 Å². The van der Waals surface area contributed by atoms with Gasteiger partial charge in [-0.15, -0.1) is 5.54 Å². The first-order valence-electron chi connectivity index (χ1n) is 19.9. The van der Waals surface area contributed by atoms with Gasteiger partial charge in [0.05, 0.1) is 0 Å². The van der Waals surface area contributed by atoms with Gasteiger partial charge in [0.2, 0.25) is 0 Å². The molecule has 0 radical (unpaired) electrons. The Balaban J connectivity index is 1.42. The Morgan fingerprint density at radius 2 is 0.909 bits per heavy atom. The minimum atomic E-state index is -2.03. The lowest BCUT2D eigenvalue weighted by Crippen LogP contribution is -2.67. The van der Waals surface area contributed by atoms with Crippen molar-refractivity contribution in [1.29, 1.82) is 0 Å². The molecule has 0 aromatic heterocycles. The van der Waals surface area contributed by atoms with E-state index in [4.69, 9.17) is 0 Å². The summed E-state index contributed by atoms with van der Waals surface area (Å²) in [6.45, 7) is 22.3. The normalized spacial score (nSPS) is 14.3. The summed E-state index contributed by atoms with van der Waals surface area (Å²) in [4.78, 5) is 13.1. The zero-order chi connectivity index (χ0) is 39.2. The van der Waals surface area contributed by atoms with E-state index in [1.54, 1.807) is 10.0 Å². The van der Waals surface area contributed by atoms with Crippen LogP contribution in [0.3, 0.4) is 0 Å². The van der Waals surface area contributed by atoms with E-state index in [0.29, 0.717) is 16.6 Å². The number of hydrazine groups is 2. The Bertz CT molecular complexity index is 2410. The summed E-state index contributed by atoms with van der Waals surface area (Å²) in [6.07, 6.45) is -0.253. The van der Waals surface area contributed by atoms with E-state index in [9.17, 15) is 4.79 Å². The lowest BCUT2D eigenvalue weighted by Gasteiger charge is -2.44. The first-order valence-corrected chi connectivity index (χ1v) is 22.1. The standard InChI is InChI=1S/C49H54N4OSi/c1-31(2)52-49(54)53(32(3)4)51-48(50-52)37-22-19-36(20-23-37)21-24-42-44-27-38-15-11-13-17-40(38)29-46(44)43(25-26-55(33(5)6,34(7)8)35(9)10)47-30-41-18-14-12-16-39(41)28-45(42)47/h11-20,22-23,27-35,48,50-51H,1-10H3. The van der Waals surface area contributed by atoms with Gasteiger partial charge in [-0.25, -0.2) is 15.6 Å². The maximum Gasteiger partial charge on any atom is 0.349 e. The molecule has 6 heteroatoms. The highest BCUT2D eigenvalue weighted by Gasteiger charge is 2.42. The molecule has 2 amide bonds. The number of benzene rings is 6. The van der Waals surface area contributed by atoms with Crippen molar-refractivity contribution in [2.45, 2.75) is 104 Å². The molecule has 55 heavy (non-hydrogen) atoms. The van der Waals surface area contributed by atoms with E-state index in [-0.39, 0.29) is 24.3 Å². The summed E-state index contributed by atoms with van der Waals surface area (Å²) in [5.74, 6) is 11.2. The van der Waals surface area contributed by atoms with Crippen molar-refractivity contribution in [3.63, 3.8) is 0 Å². The summed E-state index contributed by atoms with van der Waals surface area (Å²) < 4.78 is 0. The molecular weight excluding hydrogens is 689 g/mol. The van der Waals surface area contributed by atoms with Crippen LogP contribution in [0.2, 0.25) is 16.6 Å². The summed E-state index contributed by atoms with van der Waals surface area (Å²) >= 11 is 0. The monoisotopic (exact) mass is 742 g/mol. The maximum atomic E-state index is 13.1. The Morgan fingerprint density at radius 3 is 1.27 bits per heavy atom. The van der Waals surface area contributed by atoms with Gasteiger partial charge in [-0.3, -0.25) is 10.0 Å². The van der Waals surface area contributed by atoms with Gasteiger partial charge in [-0.05, 0) is 129 Å². The number of carbonyl (C=O) groups excluding carboxylic acids is 1. The number of carbonyl (C=O) groups is 1. The number of nitrogens with zero attached hydrogens (tertiary/aromatic N) is 2. The zero-order valence-corrected chi connectivity index (χ0v) is 35.0. The van der Waals surface area contributed by atoms with Crippen LogP contribution in [-0.2, 0) is 0 Å². The van der Waals surface area contributed by atoms with Gasteiger partial charge in [0.25, 0.3) is 0 Å². The Morgan fingerprint density at radius 1 is 0.527 bits per heavy atom.